The Hall–Kier alpha value is -2.17. The Balaban J connectivity index is 1.68. The lowest BCUT2D eigenvalue weighted by molar-refractivity contribution is 0.0867. The van der Waals surface area contributed by atoms with Gasteiger partial charge in [0.1, 0.15) is 0 Å². The molecule has 1 heterocycles. The van der Waals surface area contributed by atoms with Crippen LogP contribution in [0.4, 0.5) is 5.69 Å². The van der Waals surface area contributed by atoms with E-state index in [1.165, 1.54) is 11.1 Å². The molecule has 3 rings (SSSR count). The van der Waals surface area contributed by atoms with Gasteiger partial charge in [0.25, 0.3) is 0 Å². The lowest BCUT2D eigenvalue weighted by atomic mass is 9.95. The van der Waals surface area contributed by atoms with Gasteiger partial charge < -0.3 is 9.64 Å². The van der Waals surface area contributed by atoms with Gasteiger partial charge in [-0.15, -0.1) is 0 Å². The number of anilines is 1. The summed E-state index contributed by atoms with van der Waals surface area (Å²) < 4.78 is 5.41. The predicted octanol–water partition coefficient (Wildman–Crippen LogP) is 3.58. The molecule has 1 aliphatic heterocycles. The molecule has 0 N–H and O–H groups in total. The molecule has 2 aromatic carbocycles. The SMILES string of the molecule is Cc1ccccc1CCC(C(=O)c1ccc(N2CCOCC2)cc1)N(C)C. The van der Waals surface area contributed by atoms with Crippen molar-refractivity contribution in [1.82, 2.24) is 4.90 Å². The van der Waals surface area contributed by atoms with E-state index in [1.807, 2.05) is 31.1 Å². The third-order valence-electron chi connectivity index (χ3n) is 5.40. The summed E-state index contributed by atoms with van der Waals surface area (Å²) in [5, 5.41) is 0. The van der Waals surface area contributed by atoms with Crippen molar-refractivity contribution in [3.05, 3.63) is 65.2 Å². The number of likely N-dealkylation sites (N-methyl/N-ethyl adjacent to an activating group) is 1. The van der Waals surface area contributed by atoms with Crippen molar-refractivity contribution in [2.75, 3.05) is 45.3 Å². The van der Waals surface area contributed by atoms with E-state index >= 15 is 0 Å². The predicted molar refractivity (Wildman–Crippen MR) is 111 cm³/mol. The summed E-state index contributed by atoms with van der Waals surface area (Å²) in [5.74, 6) is 0.196. The molecule has 0 aliphatic carbocycles. The molecule has 0 saturated carbocycles. The molecule has 1 unspecified atom stereocenters. The van der Waals surface area contributed by atoms with Crippen LogP contribution >= 0.6 is 0 Å². The van der Waals surface area contributed by atoms with E-state index in [-0.39, 0.29) is 11.8 Å². The number of hydrogen-bond donors (Lipinski definition) is 0. The zero-order valence-electron chi connectivity index (χ0n) is 16.6. The second-order valence-corrected chi connectivity index (χ2v) is 7.46. The van der Waals surface area contributed by atoms with Crippen molar-refractivity contribution in [2.45, 2.75) is 25.8 Å². The zero-order chi connectivity index (χ0) is 19.2. The molecule has 1 saturated heterocycles. The molecule has 4 heteroatoms. The van der Waals surface area contributed by atoms with Gasteiger partial charge in [0.15, 0.2) is 5.78 Å². The summed E-state index contributed by atoms with van der Waals surface area (Å²) in [7, 11) is 3.98. The summed E-state index contributed by atoms with van der Waals surface area (Å²) in [6, 6.07) is 16.4. The average molecular weight is 367 g/mol. The number of hydrogen-bond acceptors (Lipinski definition) is 4. The number of carbonyl (C=O) groups is 1. The molecule has 1 fully saturated rings. The fourth-order valence-corrected chi connectivity index (χ4v) is 3.66. The maximum Gasteiger partial charge on any atom is 0.179 e. The number of ether oxygens (including phenoxy) is 1. The molecule has 144 valence electrons. The van der Waals surface area contributed by atoms with Crippen LogP contribution < -0.4 is 4.90 Å². The molecule has 0 bridgehead atoms. The van der Waals surface area contributed by atoms with Gasteiger partial charge in [-0.3, -0.25) is 9.69 Å². The van der Waals surface area contributed by atoms with Gasteiger partial charge in [-0.25, -0.2) is 0 Å². The Labute approximate surface area is 162 Å². The number of aryl methyl sites for hydroxylation is 2. The van der Waals surface area contributed by atoms with Crippen LogP contribution in [-0.4, -0.2) is 57.1 Å². The highest BCUT2D eigenvalue weighted by atomic mass is 16.5. The Morgan fingerprint density at radius 1 is 1.07 bits per heavy atom. The first-order valence-electron chi connectivity index (χ1n) is 9.74. The van der Waals surface area contributed by atoms with Crippen LogP contribution in [0.1, 0.15) is 27.9 Å². The second kappa shape index (κ2) is 9.16. The van der Waals surface area contributed by atoms with E-state index in [0.29, 0.717) is 0 Å². The number of rotatable bonds is 7. The highest BCUT2D eigenvalue weighted by Crippen LogP contribution is 2.20. The molecule has 1 atom stereocenters. The van der Waals surface area contributed by atoms with Gasteiger partial charge in [-0.2, -0.15) is 0 Å². The minimum Gasteiger partial charge on any atom is -0.378 e. The Morgan fingerprint density at radius 2 is 1.74 bits per heavy atom. The van der Waals surface area contributed by atoms with Crippen molar-refractivity contribution in [1.29, 1.82) is 0 Å². The molecule has 2 aromatic rings. The summed E-state index contributed by atoms with van der Waals surface area (Å²) in [4.78, 5) is 17.4. The molecule has 4 nitrogen and oxygen atoms in total. The fraction of sp³-hybridized carbons (Fsp3) is 0.435. The molecule has 1 aliphatic rings. The lowest BCUT2D eigenvalue weighted by Crippen LogP contribution is -2.37. The lowest BCUT2D eigenvalue weighted by Gasteiger charge is -2.29. The second-order valence-electron chi connectivity index (χ2n) is 7.46. The quantitative estimate of drug-likeness (QED) is 0.701. The molecule has 0 aromatic heterocycles. The van der Waals surface area contributed by atoms with E-state index in [2.05, 4.69) is 48.2 Å². The first-order valence-corrected chi connectivity index (χ1v) is 9.74. The van der Waals surface area contributed by atoms with E-state index in [9.17, 15) is 4.79 Å². The molecule has 0 amide bonds. The van der Waals surface area contributed by atoms with Crippen LogP contribution in [0.25, 0.3) is 0 Å². The van der Waals surface area contributed by atoms with E-state index in [1.54, 1.807) is 0 Å². The summed E-state index contributed by atoms with van der Waals surface area (Å²) in [5.41, 5.74) is 4.56. The van der Waals surface area contributed by atoms with E-state index < -0.39 is 0 Å². The van der Waals surface area contributed by atoms with Crippen LogP contribution in [-0.2, 0) is 11.2 Å². The van der Waals surface area contributed by atoms with Gasteiger partial charge in [0, 0.05) is 24.3 Å². The van der Waals surface area contributed by atoms with Gasteiger partial charge in [0.2, 0.25) is 0 Å². The summed E-state index contributed by atoms with van der Waals surface area (Å²) >= 11 is 0. The number of morpholine rings is 1. The van der Waals surface area contributed by atoms with Crippen molar-refractivity contribution in [3.8, 4) is 0 Å². The average Bonchev–Trinajstić information content (AvgIpc) is 2.70. The van der Waals surface area contributed by atoms with Gasteiger partial charge in [-0.05, 0) is 69.3 Å². The zero-order valence-corrected chi connectivity index (χ0v) is 16.6. The smallest absolute Gasteiger partial charge is 0.179 e. The normalized spacial score (nSPS) is 15.8. The highest BCUT2D eigenvalue weighted by Gasteiger charge is 2.22. The minimum absolute atomic E-state index is 0.112. The first kappa shape index (κ1) is 19.6. The number of ketones is 1. The fourth-order valence-electron chi connectivity index (χ4n) is 3.66. The monoisotopic (exact) mass is 366 g/mol. The van der Waals surface area contributed by atoms with Crippen molar-refractivity contribution in [2.24, 2.45) is 0 Å². The maximum absolute atomic E-state index is 13.1. The molecular weight excluding hydrogens is 336 g/mol. The Bertz CT molecular complexity index is 749. The molecule has 27 heavy (non-hydrogen) atoms. The van der Waals surface area contributed by atoms with Crippen LogP contribution in [0.3, 0.4) is 0 Å². The van der Waals surface area contributed by atoms with E-state index in [4.69, 9.17) is 4.74 Å². The highest BCUT2D eigenvalue weighted by molar-refractivity contribution is 6.00. The van der Waals surface area contributed by atoms with Crippen LogP contribution in [0.5, 0.6) is 0 Å². The number of Topliss-reactive ketones (excluding diaryl/α,β-unsaturated/α-hetero) is 1. The van der Waals surface area contributed by atoms with Crippen molar-refractivity contribution >= 4 is 11.5 Å². The number of carbonyl (C=O) groups excluding carboxylic acids is 1. The van der Waals surface area contributed by atoms with Crippen LogP contribution in [0, 0.1) is 6.92 Å². The number of benzene rings is 2. The van der Waals surface area contributed by atoms with E-state index in [0.717, 1.165) is 50.4 Å². The van der Waals surface area contributed by atoms with Crippen LogP contribution in [0.15, 0.2) is 48.5 Å². The topological polar surface area (TPSA) is 32.8 Å². The minimum atomic E-state index is -0.112. The molecule has 0 radical (unpaired) electrons. The maximum atomic E-state index is 13.1. The van der Waals surface area contributed by atoms with Crippen LogP contribution in [0.2, 0.25) is 0 Å². The third kappa shape index (κ3) is 4.96. The third-order valence-corrected chi connectivity index (χ3v) is 5.40. The summed E-state index contributed by atoms with van der Waals surface area (Å²) in [6.45, 7) is 5.48. The van der Waals surface area contributed by atoms with Gasteiger partial charge >= 0.3 is 0 Å². The van der Waals surface area contributed by atoms with Gasteiger partial charge in [0.05, 0.1) is 19.3 Å². The molecular formula is C23H30N2O2. The largest absolute Gasteiger partial charge is 0.378 e. The first-order chi connectivity index (χ1) is 13.1. The number of nitrogens with zero attached hydrogens (tertiary/aromatic N) is 2. The Kier molecular flexibility index (Phi) is 6.64. The van der Waals surface area contributed by atoms with Crippen molar-refractivity contribution in [3.63, 3.8) is 0 Å². The van der Waals surface area contributed by atoms with Gasteiger partial charge in [-0.1, -0.05) is 24.3 Å². The molecule has 0 spiro atoms. The Morgan fingerprint density at radius 3 is 2.37 bits per heavy atom. The summed E-state index contributed by atoms with van der Waals surface area (Å²) in [6.07, 6.45) is 1.73. The standard InChI is InChI=1S/C23H30N2O2/c1-18-6-4-5-7-19(18)10-13-22(24(2)3)23(26)20-8-11-21(12-9-20)25-14-16-27-17-15-25/h4-9,11-12,22H,10,13-17H2,1-3H3. The van der Waals surface area contributed by atoms with Crippen molar-refractivity contribution < 1.29 is 9.53 Å².